The molecular formula is C32H30N2. The molecule has 2 heteroatoms. The van der Waals surface area contributed by atoms with E-state index in [1.165, 1.54) is 60.9 Å². The number of hydrogen-bond donors (Lipinski definition) is 0. The van der Waals surface area contributed by atoms with Crippen LogP contribution >= 0.6 is 0 Å². The number of fused-ring (bicyclic) bond motifs is 6. The maximum atomic E-state index is 2.47. The Labute approximate surface area is 202 Å². The van der Waals surface area contributed by atoms with E-state index in [0.717, 1.165) is 19.5 Å². The van der Waals surface area contributed by atoms with Crippen LogP contribution in [0.25, 0.3) is 32.7 Å². The molecule has 0 unspecified atom stereocenters. The highest BCUT2D eigenvalue weighted by molar-refractivity contribution is 6.09. The average molecular weight is 443 g/mol. The van der Waals surface area contributed by atoms with E-state index in [1.54, 1.807) is 0 Å². The molecule has 6 rings (SSSR count). The smallest absolute Gasteiger partial charge is 0.0452 e. The molecule has 0 atom stereocenters. The van der Waals surface area contributed by atoms with E-state index in [9.17, 15) is 0 Å². The Balaban J connectivity index is 1.43. The molecule has 0 fully saturated rings. The molecule has 0 radical (unpaired) electrons. The van der Waals surface area contributed by atoms with Crippen LogP contribution in [-0.2, 0) is 6.42 Å². The predicted octanol–water partition coefficient (Wildman–Crippen LogP) is 8.18. The zero-order chi connectivity index (χ0) is 23.2. The highest BCUT2D eigenvalue weighted by Crippen LogP contribution is 2.43. The minimum Gasteiger partial charge on any atom is -0.375 e. The molecule has 0 amide bonds. The van der Waals surface area contributed by atoms with Gasteiger partial charge in [-0.25, -0.2) is 0 Å². The Morgan fingerprint density at radius 2 is 1.32 bits per heavy atom. The largest absolute Gasteiger partial charge is 0.375 e. The number of hydrogen-bond acceptors (Lipinski definition) is 2. The van der Waals surface area contributed by atoms with Gasteiger partial charge < -0.3 is 9.80 Å². The first-order valence-electron chi connectivity index (χ1n) is 12.3. The van der Waals surface area contributed by atoms with Crippen LogP contribution < -0.4 is 9.80 Å². The number of nitrogens with zero attached hydrogens (tertiary/aromatic N) is 2. The molecule has 5 aromatic rings. The van der Waals surface area contributed by atoms with Gasteiger partial charge in [-0.05, 0) is 88.0 Å². The van der Waals surface area contributed by atoms with Crippen molar-refractivity contribution in [2.75, 3.05) is 29.9 Å². The van der Waals surface area contributed by atoms with Crippen molar-refractivity contribution in [1.29, 1.82) is 0 Å². The van der Waals surface area contributed by atoms with Crippen molar-refractivity contribution in [3.05, 3.63) is 102 Å². The summed E-state index contributed by atoms with van der Waals surface area (Å²) < 4.78 is 0. The Morgan fingerprint density at radius 3 is 2.06 bits per heavy atom. The van der Waals surface area contributed by atoms with Gasteiger partial charge in [-0.1, -0.05) is 60.7 Å². The molecule has 168 valence electrons. The van der Waals surface area contributed by atoms with Crippen molar-refractivity contribution < 1.29 is 0 Å². The second-order valence-corrected chi connectivity index (χ2v) is 9.27. The maximum Gasteiger partial charge on any atom is 0.0452 e. The number of anilines is 3. The van der Waals surface area contributed by atoms with Crippen LogP contribution in [0.5, 0.6) is 0 Å². The molecule has 34 heavy (non-hydrogen) atoms. The Hall–Kier alpha value is -3.78. The predicted molar refractivity (Wildman–Crippen MR) is 148 cm³/mol. The van der Waals surface area contributed by atoms with E-state index in [-0.39, 0.29) is 0 Å². The Morgan fingerprint density at radius 1 is 0.647 bits per heavy atom. The van der Waals surface area contributed by atoms with Crippen LogP contribution in [0.1, 0.15) is 25.0 Å². The first-order chi connectivity index (χ1) is 16.7. The third-order valence-electron chi connectivity index (χ3n) is 7.46. The van der Waals surface area contributed by atoms with Gasteiger partial charge in [-0.3, -0.25) is 0 Å². The lowest BCUT2D eigenvalue weighted by Crippen LogP contribution is -2.17. The molecule has 0 aromatic heterocycles. The second-order valence-electron chi connectivity index (χ2n) is 9.27. The number of rotatable bonds is 5. The van der Waals surface area contributed by atoms with Crippen LogP contribution in [0, 0.1) is 0 Å². The molecular weight excluding hydrogens is 412 g/mol. The normalized spacial score (nSPS) is 12.1. The summed E-state index contributed by atoms with van der Waals surface area (Å²) in [6, 6.07) is 33.9. The summed E-state index contributed by atoms with van der Waals surface area (Å²) in [7, 11) is 2.15. The van der Waals surface area contributed by atoms with Crippen LogP contribution in [0.2, 0.25) is 0 Å². The molecule has 2 nitrogen and oxygen atoms in total. The van der Waals surface area contributed by atoms with E-state index >= 15 is 0 Å². The Bertz CT molecular complexity index is 1530. The first kappa shape index (κ1) is 20.8. The van der Waals surface area contributed by atoms with Crippen LogP contribution in [-0.4, -0.2) is 20.1 Å². The summed E-state index contributed by atoms with van der Waals surface area (Å²) in [5.41, 5.74) is 9.47. The van der Waals surface area contributed by atoms with Gasteiger partial charge in [0.1, 0.15) is 0 Å². The van der Waals surface area contributed by atoms with Gasteiger partial charge in [-0.2, -0.15) is 0 Å². The van der Waals surface area contributed by atoms with Gasteiger partial charge in [0.15, 0.2) is 0 Å². The topological polar surface area (TPSA) is 6.48 Å². The van der Waals surface area contributed by atoms with Crippen LogP contribution in [0.4, 0.5) is 17.1 Å². The van der Waals surface area contributed by atoms with E-state index in [0.29, 0.717) is 0 Å². The fraction of sp³-hybridized carbons (Fsp3) is 0.188. The Kier molecular flexibility index (Phi) is 5.03. The quantitative estimate of drug-likeness (QED) is 0.248. The van der Waals surface area contributed by atoms with Crippen molar-refractivity contribution in [3.63, 3.8) is 0 Å². The molecule has 0 saturated heterocycles. The van der Waals surface area contributed by atoms with Gasteiger partial charge in [-0.15, -0.1) is 0 Å². The molecule has 0 spiro atoms. The lowest BCUT2D eigenvalue weighted by atomic mass is 10.00. The standard InChI is InChI=1S/C32H30N2/c1-4-33(3)25-15-17-28-23(19-25)13-14-24-20-26(16-18-29(24)28)34(5-2)32-12-8-11-30-27-10-7-6-9-22(27)21-31(30)32/h6-20H,4-5,21H2,1-3H3. The molecule has 0 aliphatic heterocycles. The molecule has 0 heterocycles. The van der Waals surface area contributed by atoms with Gasteiger partial charge in [0.25, 0.3) is 0 Å². The van der Waals surface area contributed by atoms with E-state index in [1.807, 2.05) is 0 Å². The molecule has 0 saturated carbocycles. The lowest BCUT2D eigenvalue weighted by molar-refractivity contribution is 0.970. The zero-order valence-corrected chi connectivity index (χ0v) is 20.2. The maximum absolute atomic E-state index is 2.47. The fourth-order valence-electron chi connectivity index (χ4n) is 5.52. The highest BCUT2D eigenvalue weighted by atomic mass is 15.1. The van der Waals surface area contributed by atoms with Gasteiger partial charge in [0.2, 0.25) is 0 Å². The highest BCUT2D eigenvalue weighted by Gasteiger charge is 2.23. The van der Waals surface area contributed by atoms with Crippen LogP contribution in [0.15, 0.2) is 91.0 Å². The fourth-order valence-corrected chi connectivity index (χ4v) is 5.52. The summed E-state index contributed by atoms with van der Waals surface area (Å²) in [5.74, 6) is 0. The summed E-state index contributed by atoms with van der Waals surface area (Å²) in [5, 5.41) is 5.21. The first-order valence-corrected chi connectivity index (χ1v) is 12.3. The van der Waals surface area contributed by atoms with Crippen molar-refractivity contribution in [1.82, 2.24) is 0 Å². The van der Waals surface area contributed by atoms with Gasteiger partial charge in [0.05, 0.1) is 0 Å². The molecule has 1 aliphatic rings. The number of benzene rings is 5. The third kappa shape index (κ3) is 3.25. The molecule has 1 aliphatic carbocycles. The second kappa shape index (κ2) is 8.22. The van der Waals surface area contributed by atoms with Crippen LogP contribution in [0.3, 0.4) is 0 Å². The lowest BCUT2D eigenvalue weighted by Gasteiger charge is -2.26. The van der Waals surface area contributed by atoms with Gasteiger partial charge in [0, 0.05) is 43.6 Å². The minimum atomic E-state index is 0.929. The minimum absolute atomic E-state index is 0.929. The zero-order valence-electron chi connectivity index (χ0n) is 20.2. The SMILES string of the molecule is CCN(C)c1ccc2c(ccc3cc(N(CC)c4cccc5c4Cc4ccccc4-5)ccc32)c1. The molecule has 5 aromatic carbocycles. The van der Waals surface area contributed by atoms with E-state index in [2.05, 4.69) is 122 Å². The summed E-state index contributed by atoms with van der Waals surface area (Å²) >= 11 is 0. The van der Waals surface area contributed by atoms with Crippen molar-refractivity contribution >= 4 is 38.6 Å². The monoisotopic (exact) mass is 442 g/mol. The average Bonchev–Trinajstić information content (AvgIpc) is 3.27. The van der Waals surface area contributed by atoms with Crippen molar-refractivity contribution in [2.24, 2.45) is 0 Å². The van der Waals surface area contributed by atoms with E-state index in [4.69, 9.17) is 0 Å². The molecule has 0 N–H and O–H groups in total. The summed E-state index contributed by atoms with van der Waals surface area (Å²) in [6.07, 6.45) is 1.00. The summed E-state index contributed by atoms with van der Waals surface area (Å²) in [6.45, 7) is 6.37. The van der Waals surface area contributed by atoms with E-state index < -0.39 is 0 Å². The molecule has 0 bridgehead atoms. The third-order valence-corrected chi connectivity index (χ3v) is 7.46. The summed E-state index contributed by atoms with van der Waals surface area (Å²) in [4.78, 5) is 4.75. The van der Waals surface area contributed by atoms with Gasteiger partial charge >= 0.3 is 0 Å². The van der Waals surface area contributed by atoms with Crippen molar-refractivity contribution in [3.8, 4) is 11.1 Å². The van der Waals surface area contributed by atoms with Crippen molar-refractivity contribution in [2.45, 2.75) is 20.3 Å².